The topological polar surface area (TPSA) is 66.0 Å². The van der Waals surface area contributed by atoms with Gasteiger partial charge in [-0.25, -0.2) is 0 Å². The van der Waals surface area contributed by atoms with Crippen LogP contribution in [0.2, 0.25) is 0 Å². The molecule has 6 nitrogen and oxygen atoms in total. The largest absolute Gasteiger partial charge is 0.493 e. The van der Waals surface area contributed by atoms with Gasteiger partial charge in [-0.1, -0.05) is 36.4 Å². The average Bonchev–Trinajstić information content (AvgIpc) is 2.81. The fourth-order valence-electron chi connectivity index (χ4n) is 4.05. The molecule has 1 N–H and O–H groups in total. The highest BCUT2D eigenvalue weighted by molar-refractivity contribution is 5.96. The predicted molar refractivity (Wildman–Crippen MR) is 116 cm³/mol. The molecule has 1 atom stereocenters. The quantitative estimate of drug-likeness (QED) is 0.661. The fraction of sp³-hybridized carbons (Fsp3) is 0.240. The Morgan fingerprint density at radius 1 is 0.968 bits per heavy atom. The molecule has 1 amide bonds. The third-order valence-corrected chi connectivity index (χ3v) is 5.58. The molecule has 0 saturated heterocycles. The fourth-order valence-corrected chi connectivity index (χ4v) is 4.05. The number of amides is 1. The second kappa shape index (κ2) is 8.22. The van der Waals surface area contributed by atoms with Crippen molar-refractivity contribution in [1.82, 2.24) is 0 Å². The molecule has 0 spiro atoms. The molecule has 0 fully saturated rings. The number of fused-ring (bicyclic) bond motifs is 2. The number of methoxy groups -OCH3 is 1. The molecule has 3 aromatic carbocycles. The molecule has 0 bridgehead atoms. The lowest BCUT2D eigenvalue weighted by molar-refractivity contribution is -0.116. The number of hydrogen-bond acceptors (Lipinski definition) is 5. The van der Waals surface area contributed by atoms with E-state index in [1.165, 1.54) is 0 Å². The molecule has 3 aromatic rings. The van der Waals surface area contributed by atoms with Crippen molar-refractivity contribution in [1.29, 1.82) is 0 Å². The van der Waals surface area contributed by atoms with Crippen molar-refractivity contribution >= 4 is 11.6 Å². The molecule has 0 unspecified atom stereocenters. The summed E-state index contributed by atoms with van der Waals surface area (Å²) >= 11 is 0. The van der Waals surface area contributed by atoms with Gasteiger partial charge in [-0.15, -0.1) is 0 Å². The van der Waals surface area contributed by atoms with Gasteiger partial charge in [0.25, 0.3) is 0 Å². The van der Waals surface area contributed by atoms with E-state index in [-0.39, 0.29) is 11.8 Å². The monoisotopic (exact) mass is 417 g/mol. The molecule has 6 heteroatoms. The molecule has 0 aromatic heterocycles. The van der Waals surface area contributed by atoms with Crippen molar-refractivity contribution in [2.75, 3.05) is 25.6 Å². The van der Waals surface area contributed by atoms with E-state index in [1.54, 1.807) is 7.11 Å². The summed E-state index contributed by atoms with van der Waals surface area (Å²) < 4.78 is 23.0. The van der Waals surface area contributed by atoms with Gasteiger partial charge in [-0.3, -0.25) is 4.79 Å². The number of benzene rings is 3. The Hall–Kier alpha value is -3.67. The zero-order valence-electron chi connectivity index (χ0n) is 17.2. The predicted octanol–water partition coefficient (Wildman–Crippen LogP) is 4.52. The number of rotatable bonds is 5. The molecule has 31 heavy (non-hydrogen) atoms. The lowest BCUT2D eigenvalue weighted by atomic mass is 9.84. The zero-order valence-corrected chi connectivity index (χ0v) is 17.2. The maximum atomic E-state index is 12.4. The third kappa shape index (κ3) is 3.89. The highest BCUT2D eigenvalue weighted by Gasteiger charge is 2.30. The first-order chi connectivity index (χ1) is 15.2. The minimum Gasteiger partial charge on any atom is -0.493 e. The molecular weight excluding hydrogens is 394 g/mol. The van der Waals surface area contributed by atoms with Gasteiger partial charge in [0.1, 0.15) is 19.8 Å². The van der Waals surface area contributed by atoms with Crippen LogP contribution in [0.1, 0.15) is 29.0 Å². The maximum Gasteiger partial charge on any atom is 0.225 e. The van der Waals surface area contributed by atoms with Crippen LogP contribution in [0.5, 0.6) is 23.0 Å². The molecule has 0 aliphatic carbocycles. The van der Waals surface area contributed by atoms with Crippen LogP contribution in [0, 0.1) is 0 Å². The Morgan fingerprint density at radius 3 is 2.52 bits per heavy atom. The highest BCUT2D eigenvalue weighted by atomic mass is 16.6. The first kappa shape index (κ1) is 19.3. The first-order valence-electron chi connectivity index (χ1n) is 10.3. The Kier molecular flexibility index (Phi) is 5.12. The van der Waals surface area contributed by atoms with Gasteiger partial charge in [0, 0.05) is 24.1 Å². The summed E-state index contributed by atoms with van der Waals surface area (Å²) in [6.07, 6.45) is 0.347. The lowest BCUT2D eigenvalue weighted by Crippen LogP contribution is -2.24. The summed E-state index contributed by atoms with van der Waals surface area (Å²) in [7, 11) is 1.62. The minimum atomic E-state index is -0.114. The summed E-state index contributed by atoms with van der Waals surface area (Å²) in [6, 6.07) is 19.7. The molecule has 5 rings (SSSR count). The number of anilines is 1. The van der Waals surface area contributed by atoms with E-state index in [9.17, 15) is 4.79 Å². The molecular formula is C25H23NO5. The zero-order chi connectivity index (χ0) is 21.2. The van der Waals surface area contributed by atoms with Gasteiger partial charge in [0.2, 0.25) is 5.91 Å². The summed E-state index contributed by atoms with van der Waals surface area (Å²) in [5.41, 5.74) is 3.83. The van der Waals surface area contributed by atoms with Gasteiger partial charge < -0.3 is 24.3 Å². The van der Waals surface area contributed by atoms with Crippen molar-refractivity contribution < 1.29 is 23.7 Å². The molecule has 2 aliphatic rings. The maximum absolute atomic E-state index is 12.4. The van der Waals surface area contributed by atoms with E-state index < -0.39 is 0 Å². The Morgan fingerprint density at radius 2 is 1.74 bits per heavy atom. The number of nitrogens with one attached hydrogen (secondary N) is 1. The van der Waals surface area contributed by atoms with Crippen molar-refractivity contribution in [3.05, 3.63) is 77.4 Å². The normalized spacial score (nSPS) is 16.8. The average molecular weight is 417 g/mol. The van der Waals surface area contributed by atoms with Crippen molar-refractivity contribution in [2.45, 2.75) is 18.9 Å². The first-order valence-corrected chi connectivity index (χ1v) is 10.3. The molecule has 2 aliphatic heterocycles. The van der Waals surface area contributed by atoms with Crippen LogP contribution in [0.3, 0.4) is 0 Å². The van der Waals surface area contributed by atoms with E-state index in [0.717, 1.165) is 22.4 Å². The number of hydrogen-bond donors (Lipinski definition) is 1. The number of carbonyl (C=O) groups excluding carboxylic acids is 1. The number of carbonyl (C=O) groups is 1. The Labute approximate surface area is 180 Å². The smallest absolute Gasteiger partial charge is 0.225 e. The van der Waals surface area contributed by atoms with Gasteiger partial charge >= 0.3 is 0 Å². The standard InChI is InChI=1S/C25H23NO5/c1-28-22-11-17(7-8-21(22)31-15-16-5-3-2-4-6-16)18-13-25(27)26-20-14-24-23(12-19(18)20)29-9-10-30-24/h2-8,11-12,14,18H,9-10,13,15H2,1H3,(H,26,27)/t18-/m0/s1. The Bertz CT molecular complexity index is 1110. The van der Waals surface area contributed by atoms with E-state index in [4.69, 9.17) is 18.9 Å². The van der Waals surface area contributed by atoms with Gasteiger partial charge in [0.05, 0.1) is 7.11 Å². The van der Waals surface area contributed by atoms with Crippen LogP contribution in [0.4, 0.5) is 5.69 Å². The lowest BCUT2D eigenvalue weighted by Gasteiger charge is -2.29. The molecule has 2 heterocycles. The van der Waals surface area contributed by atoms with Crippen LogP contribution in [-0.2, 0) is 11.4 Å². The van der Waals surface area contributed by atoms with Crippen molar-refractivity contribution in [2.24, 2.45) is 0 Å². The third-order valence-electron chi connectivity index (χ3n) is 5.58. The summed E-state index contributed by atoms with van der Waals surface area (Å²) in [6.45, 7) is 1.48. The van der Waals surface area contributed by atoms with E-state index in [2.05, 4.69) is 5.32 Å². The van der Waals surface area contributed by atoms with Crippen LogP contribution in [-0.4, -0.2) is 26.2 Å². The van der Waals surface area contributed by atoms with Gasteiger partial charge in [0.15, 0.2) is 23.0 Å². The highest BCUT2D eigenvalue weighted by Crippen LogP contribution is 2.45. The number of ether oxygens (including phenoxy) is 4. The van der Waals surface area contributed by atoms with Crippen LogP contribution >= 0.6 is 0 Å². The molecule has 0 saturated carbocycles. The van der Waals surface area contributed by atoms with Crippen LogP contribution in [0.25, 0.3) is 0 Å². The van der Waals surface area contributed by atoms with Gasteiger partial charge in [-0.2, -0.15) is 0 Å². The van der Waals surface area contributed by atoms with Crippen LogP contribution < -0.4 is 24.3 Å². The second-order valence-electron chi connectivity index (χ2n) is 7.57. The van der Waals surface area contributed by atoms with E-state index in [0.29, 0.717) is 49.2 Å². The summed E-state index contributed by atoms with van der Waals surface area (Å²) in [5, 5.41) is 2.96. The van der Waals surface area contributed by atoms with E-state index >= 15 is 0 Å². The van der Waals surface area contributed by atoms with Crippen molar-refractivity contribution in [3.63, 3.8) is 0 Å². The molecule has 158 valence electrons. The molecule has 0 radical (unpaired) electrons. The van der Waals surface area contributed by atoms with E-state index in [1.807, 2.05) is 60.7 Å². The van der Waals surface area contributed by atoms with Crippen LogP contribution in [0.15, 0.2) is 60.7 Å². The Balaban J connectivity index is 1.45. The second-order valence-corrected chi connectivity index (χ2v) is 7.57. The minimum absolute atomic E-state index is 0.0300. The van der Waals surface area contributed by atoms with Gasteiger partial charge in [-0.05, 0) is 34.9 Å². The summed E-state index contributed by atoms with van der Waals surface area (Å²) in [4.78, 5) is 12.4. The van der Waals surface area contributed by atoms with Crippen molar-refractivity contribution in [3.8, 4) is 23.0 Å². The SMILES string of the molecule is COc1cc([C@@H]2CC(=O)Nc3cc4c(cc32)OCCO4)ccc1OCc1ccccc1. The summed E-state index contributed by atoms with van der Waals surface area (Å²) in [5.74, 6) is 2.53.